The molecule has 1 aliphatic rings. The number of rotatable bonds is 4. The van der Waals surface area contributed by atoms with Crippen LogP contribution in [0.25, 0.3) is 0 Å². The van der Waals surface area contributed by atoms with Gasteiger partial charge in [-0.1, -0.05) is 6.42 Å². The van der Waals surface area contributed by atoms with Gasteiger partial charge in [-0.25, -0.2) is 4.98 Å². The standard InChI is InChI=1S/C12H21N3S/c1-9-12(15-8-14-9)7-13-10-4-3-5-11(6-10)16-2/h8,10-11,13H,3-7H2,1-2H3,(H,14,15). The molecular weight excluding hydrogens is 218 g/mol. The van der Waals surface area contributed by atoms with Gasteiger partial charge in [-0.3, -0.25) is 0 Å². The van der Waals surface area contributed by atoms with Crippen molar-refractivity contribution in [1.82, 2.24) is 15.3 Å². The Morgan fingerprint density at radius 2 is 2.44 bits per heavy atom. The van der Waals surface area contributed by atoms with Gasteiger partial charge < -0.3 is 10.3 Å². The van der Waals surface area contributed by atoms with E-state index in [1.807, 2.05) is 11.8 Å². The number of hydrogen-bond acceptors (Lipinski definition) is 3. The first kappa shape index (κ1) is 12.0. The Balaban J connectivity index is 1.79. The number of aryl methyl sites for hydroxylation is 1. The summed E-state index contributed by atoms with van der Waals surface area (Å²) in [4.78, 5) is 7.44. The predicted octanol–water partition coefficient (Wildman–Crippen LogP) is 2.48. The maximum atomic E-state index is 4.32. The van der Waals surface area contributed by atoms with E-state index in [2.05, 4.69) is 28.5 Å². The zero-order valence-electron chi connectivity index (χ0n) is 10.1. The lowest BCUT2D eigenvalue weighted by atomic mass is 9.95. The third kappa shape index (κ3) is 3.01. The van der Waals surface area contributed by atoms with Crippen molar-refractivity contribution in [2.75, 3.05) is 6.26 Å². The lowest BCUT2D eigenvalue weighted by Gasteiger charge is -2.28. The summed E-state index contributed by atoms with van der Waals surface area (Å²) in [6.07, 6.45) is 9.39. The van der Waals surface area contributed by atoms with Gasteiger partial charge in [0, 0.05) is 23.5 Å². The van der Waals surface area contributed by atoms with Crippen LogP contribution in [0.1, 0.15) is 37.1 Å². The van der Waals surface area contributed by atoms with Crippen LogP contribution >= 0.6 is 11.8 Å². The molecule has 2 N–H and O–H groups in total. The van der Waals surface area contributed by atoms with Gasteiger partial charge in [0.1, 0.15) is 0 Å². The minimum Gasteiger partial charge on any atom is -0.348 e. The fourth-order valence-corrected chi connectivity index (χ4v) is 3.18. The molecule has 0 radical (unpaired) electrons. The number of aromatic nitrogens is 2. The molecule has 1 saturated carbocycles. The molecule has 0 aromatic carbocycles. The van der Waals surface area contributed by atoms with Crippen molar-refractivity contribution >= 4 is 11.8 Å². The first-order chi connectivity index (χ1) is 7.79. The molecule has 2 atom stereocenters. The Morgan fingerprint density at radius 3 is 3.12 bits per heavy atom. The molecule has 4 heteroatoms. The molecule has 0 aliphatic heterocycles. The molecule has 0 spiro atoms. The number of nitrogens with one attached hydrogen (secondary N) is 2. The van der Waals surface area contributed by atoms with Gasteiger partial charge in [-0.2, -0.15) is 11.8 Å². The van der Waals surface area contributed by atoms with Crippen molar-refractivity contribution in [3.8, 4) is 0 Å². The average Bonchev–Trinajstić information content (AvgIpc) is 2.72. The van der Waals surface area contributed by atoms with E-state index in [9.17, 15) is 0 Å². The second-order valence-corrected chi connectivity index (χ2v) is 5.71. The van der Waals surface area contributed by atoms with Gasteiger partial charge in [0.15, 0.2) is 0 Å². The van der Waals surface area contributed by atoms with Gasteiger partial charge in [0.2, 0.25) is 0 Å². The van der Waals surface area contributed by atoms with E-state index in [4.69, 9.17) is 0 Å². The number of aromatic amines is 1. The van der Waals surface area contributed by atoms with Gasteiger partial charge in [-0.05, 0) is 32.4 Å². The smallest absolute Gasteiger partial charge is 0.0925 e. The van der Waals surface area contributed by atoms with Crippen molar-refractivity contribution in [3.05, 3.63) is 17.7 Å². The van der Waals surface area contributed by atoms with E-state index in [1.54, 1.807) is 6.33 Å². The number of H-pyrrole nitrogens is 1. The molecule has 1 heterocycles. The van der Waals surface area contributed by atoms with Gasteiger partial charge in [-0.15, -0.1) is 0 Å². The summed E-state index contributed by atoms with van der Waals surface area (Å²) in [5, 5.41) is 4.49. The second-order valence-electron chi connectivity index (χ2n) is 4.58. The highest BCUT2D eigenvalue weighted by Gasteiger charge is 2.20. The zero-order chi connectivity index (χ0) is 11.4. The maximum absolute atomic E-state index is 4.32. The Bertz CT molecular complexity index is 324. The molecule has 0 amide bonds. The largest absolute Gasteiger partial charge is 0.348 e. The highest BCUT2D eigenvalue weighted by Crippen LogP contribution is 2.26. The van der Waals surface area contributed by atoms with Gasteiger partial charge >= 0.3 is 0 Å². The molecule has 1 aromatic rings. The van der Waals surface area contributed by atoms with Crippen LogP contribution in [0.15, 0.2) is 6.33 Å². The van der Waals surface area contributed by atoms with Crippen molar-refractivity contribution in [1.29, 1.82) is 0 Å². The summed E-state index contributed by atoms with van der Waals surface area (Å²) in [5.41, 5.74) is 2.34. The topological polar surface area (TPSA) is 40.7 Å². The molecule has 1 aliphatic carbocycles. The summed E-state index contributed by atoms with van der Waals surface area (Å²) >= 11 is 2.01. The summed E-state index contributed by atoms with van der Waals surface area (Å²) < 4.78 is 0. The number of nitrogens with zero attached hydrogens (tertiary/aromatic N) is 1. The highest BCUT2D eigenvalue weighted by atomic mass is 32.2. The van der Waals surface area contributed by atoms with Crippen LogP contribution in [0.3, 0.4) is 0 Å². The number of thioether (sulfide) groups is 1. The SMILES string of the molecule is CSC1CCCC(NCc2nc[nH]c2C)C1. The number of hydrogen-bond donors (Lipinski definition) is 2. The van der Waals surface area contributed by atoms with Crippen LogP contribution < -0.4 is 5.32 Å². The Kier molecular flexibility index (Phi) is 4.29. The molecule has 3 nitrogen and oxygen atoms in total. The van der Waals surface area contributed by atoms with Crippen molar-refractivity contribution < 1.29 is 0 Å². The molecular formula is C12H21N3S. The summed E-state index contributed by atoms with van der Waals surface area (Å²) in [7, 11) is 0. The van der Waals surface area contributed by atoms with Crippen LogP contribution in [-0.2, 0) is 6.54 Å². The first-order valence-electron chi connectivity index (χ1n) is 6.04. The maximum Gasteiger partial charge on any atom is 0.0925 e. The van der Waals surface area contributed by atoms with Crippen LogP contribution in [0.5, 0.6) is 0 Å². The van der Waals surface area contributed by atoms with Crippen molar-refractivity contribution in [2.45, 2.75) is 50.4 Å². The normalized spacial score (nSPS) is 25.9. The average molecular weight is 239 g/mol. The van der Waals surface area contributed by atoms with E-state index >= 15 is 0 Å². The third-order valence-electron chi connectivity index (χ3n) is 3.45. The van der Waals surface area contributed by atoms with Crippen LogP contribution in [-0.4, -0.2) is 27.5 Å². The Labute approximate surface area is 102 Å². The van der Waals surface area contributed by atoms with E-state index < -0.39 is 0 Å². The van der Waals surface area contributed by atoms with Gasteiger partial charge in [0.05, 0.1) is 12.0 Å². The van der Waals surface area contributed by atoms with E-state index in [0.717, 1.165) is 17.5 Å². The molecule has 1 aromatic heterocycles. The first-order valence-corrected chi connectivity index (χ1v) is 7.33. The predicted molar refractivity (Wildman–Crippen MR) is 69.7 cm³/mol. The van der Waals surface area contributed by atoms with Crippen LogP contribution in [0.4, 0.5) is 0 Å². The lowest BCUT2D eigenvalue weighted by molar-refractivity contribution is 0.378. The fraction of sp³-hybridized carbons (Fsp3) is 0.750. The quantitative estimate of drug-likeness (QED) is 0.848. The monoisotopic (exact) mass is 239 g/mol. The summed E-state index contributed by atoms with van der Waals surface area (Å²) in [5.74, 6) is 0. The van der Waals surface area contributed by atoms with E-state index in [0.29, 0.717) is 6.04 Å². The molecule has 2 rings (SSSR count). The molecule has 1 fully saturated rings. The minimum absolute atomic E-state index is 0.683. The molecule has 90 valence electrons. The third-order valence-corrected chi connectivity index (χ3v) is 4.55. The van der Waals surface area contributed by atoms with Gasteiger partial charge in [0.25, 0.3) is 0 Å². The minimum atomic E-state index is 0.683. The summed E-state index contributed by atoms with van der Waals surface area (Å²) in [6.45, 7) is 2.98. The van der Waals surface area contributed by atoms with E-state index in [1.165, 1.54) is 31.4 Å². The Hall–Kier alpha value is -0.480. The van der Waals surface area contributed by atoms with E-state index in [-0.39, 0.29) is 0 Å². The molecule has 2 unspecified atom stereocenters. The fourth-order valence-electron chi connectivity index (χ4n) is 2.35. The van der Waals surface area contributed by atoms with Crippen molar-refractivity contribution in [3.63, 3.8) is 0 Å². The molecule has 0 saturated heterocycles. The second kappa shape index (κ2) is 5.73. The molecule has 16 heavy (non-hydrogen) atoms. The lowest BCUT2D eigenvalue weighted by Crippen LogP contribution is -2.34. The number of imidazole rings is 1. The zero-order valence-corrected chi connectivity index (χ0v) is 10.9. The van der Waals surface area contributed by atoms with Crippen LogP contribution in [0.2, 0.25) is 0 Å². The summed E-state index contributed by atoms with van der Waals surface area (Å²) in [6, 6.07) is 0.683. The Morgan fingerprint density at radius 1 is 1.56 bits per heavy atom. The van der Waals surface area contributed by atoms with Crippen LogP contribution in [0, 0.1) is 6.92 Å². The molecule has 0 bridgehead atoms. The highest BCUT2D eigenvalue weighted by molar-refractivity contribution is 7.99. The van der Waals surface area contributed by atoms with Crippen molar-refractivity contribution in [2.24, 2.45) is 0 Å².